The van der Waals surface area contributed by atoms with Gasteiger partial charge in [0.2, 0.25) is 5.91 Å². The number of amides is 2. The molecule has 0 radical (unpaired) electrons. The summed E-state index contributed by atoms with van der Waals surface area (Å²) in [5, 5.41) is 19.4. The minimum atomic E-state index is -0.815. The lowest BCUT2D eigenvalue weighted by atomic mass is 9.92. The lowest BCUT2D eigenvalue weighted by Crippen LogP contribution is -2.39. The highest BCUT2D eigenvalue weighted by Gasteiger charge is 2.27. The Hall–Kier alpha value is -4.96. The first-order valence-electron chi connectivity index (χ1n) is 12.0. The number of aromatic nitrogens is 1. The molecule has 2 aliphatic rings. The van der Waals surface area contributed by atoms with E-state index in [9.17, 15) is 24.5 Å². The topological polar surface area (TPSA) is 136 Å². The monoisotopic (exact) mass is 510 g/mol. The van der Waals surface area contributed by atoms with E-state index in [0.717, 1.165) is 11.3 Å². The number of anilines is 2. The number of nitriles is 2. The van der Waals surface area contributed by atoms with Gasteiger partial charge >= 0.3 is 6.09 Å². The van der Waals surface area contributed by atoms with E-state index in [1.165, 1.54) is 12.1 Å². The van der Waals surface area contributed by atoms with Crippen molar-refractivity contribution >= 4 is 23.5 Å². The molecule has 10 heteroatoms. The number of fused-ring (bicyclic) bond motifs is 1. The summed E-state index contributed by atoms with van der Waals surface area (Å²) in [4.78, 5) is 31.8. The van der Waals surface area contributed by atoms with Gasteiger partial charge in [-0.05, 0) is 41.5 Å². The first kappa shape index (κ1) is 24.7. The van der Waals surface area contributed by atoms with Crippen LogP contribution in [-0.4, -0.2) is 43.2 Å². The van der Waals surface area contributed by atoms with Crippen LogP contribution in [0.15, 0.2) is 42.5 Å². The smallest absolute Gasteiger partial charge is 0.404 e. The molecule has 38 heavy (non-hydrogen) atoms. The first-order chi connectivity index (χ1) is 18.3. The molecule has 0 unspecified atom stereocenters. The van der Waals surface area contributed by atoms with Gasteiger partial charge in [0.1, 0.15) is 23.8 Å². The summed E-state index contributed by atoms with van der Waals surface area (Å²) in [7, 11) is 1.72. The maximum absolute atomic E-state index is 14.7. The molecular formula is C28H23FN6O3. The Kier molecular flexibility index (Phi) is 6.39. The van der Waals surface area contributed by atoms with Crippen LogP contribution >= 0.6 is 0 Å². The van der Waals surface area contributed by atoms with Gasteiger partial charge in [0.25, 0.3) is 0 Å². The molecule has 3 heterocycles. The number of benzene rings is 2. The first-order valence-corrected chi connectivity index (χ1v) is 12.0. The molecule has 0 spiro atoms. The van der Waals surface area contributed by atoms with E-state index < -0.39 is 11.9 Å². The van der Waals surface area contributed by atoms with Crippen molar-refractivity contribution in [3.8, 4) is 34.5 Å². The SMILES string of the molecule is CN1C(=O)Cc2cc(-c3c(C#N)cc(N4CCC(OC(N)=O)CC4)nc3-c3ccc(C#N)c(F)c3)ccc21. The van der Waals surface area contributed by atoms with Crippen LogP contribution in [0, 0.1) is 28.5 Å². The Balaban J connectivity index is 1.63. The van der Waals surface area contributed by atoms with Gasteiger partial charge in [0.05, 0.1) is 29.3 Å². The summed E-state index contributed by atoms with van der Waals surface area (Å²) in [5.41, 5.74) is 9.01. The van der Waals surface area contributed by atoms with E-state index in [1.807, 2.05) is 29.2 Å². The van der Waals surface area contributed by atoms with Crippen LogP contribution in [0.1, 0.15) is 29.5 Å². The quantitative estimate of drug-likeness (QED) is 0.562. The Morgan fingerprint density at radius 2 is 1.79 bits per heavy atom. The van der Waals surface area contributed by atoms with E-state index in [2.05, 4.69) is 6.07 Å². The van der Waals surface area contributed by atoms with Gasteiger partial charge in [-0.15, -0.1) is 0 Å². The third kappa shape index (κ3) is 4.48. The summed E-state index contributed by atoms with van der Waals surface area (Å²) in [6.45, 7) is 1.03. The molecule has 9 nitrogen and oxygen atoms in total. The van der Waals surface area contributed by atoms with Crippen LogP contribution < -0.4 is 15.5 Å². The molecule has 2 aromatic carbocycles. The van der Waals surface area contributed by atoms with E-state index in [4.69, 9.17) is 15.5 Å². The third-order valence-electron chi connectivity index (χ3n) is 6.98. The maximum Gasteiger partial charge on any atom is 0.404 e. The molecule has 2 N–H and O–H groups in total. The van der Waals surface area contributed by atoms with Crippen LogP contribution in [0.4, 0.5) is 20.7 Å². The minimum Gasteiger partial charge on any atom is -0.446 e. The Morgan fingerprint density at radius 1 is 1.08 bits per heavy atom. The molecule has 0 saturated carbocycles. The van der Waals surface area contributed by atoms with Gasteiger partial charge in [-0.25, -0.2) is 14.2 Å². The lowest BCUT2D eigenvalue weighted by Gasteiger charge is -2.32. The number of hydrogen-bond donors (Lipinski definition) is 1. The van der Waals surface area contributed by atoms with Gasteiger partial charge < -0.3 is 20.3 Å². The largest absolute Gasteiger partial charge is 0.446 e. The van der Waals surface area contributed by atoms with Crippen molar-refractivity contribution in [2.24, 2.45) is 5.73 Å². The van der Waals surface area contributed by atoms with Gasteiger partial charge in [-0.2, -0.15) is 10.5 Å². The van der Waals surface area contributed by atoms with Crippen molar-refractivity contribution in [1.82, 2.24) is 4.98 Å². The molecule has 5 rings (SSSR count). The molecule has 0 bridgehead atoms. The summed E-state index contributed by atoms with van der Waals surface area (Å²) in [5.74, 6) is -0.185. The molecule has 1 aromatic heterocycles. The number of halogens is 1. The summed E-state index contributed by atoms with van der Waals surface area (Å²) in [6, 6.07) is 15.5. The van der Waals surface area contributed by atoms with E-state index in [1.54, 1.807) is 24.1 Å². The number of pyridine rings is 1. The van der Waals surface area contributed by atoms with Crippen molar-refractivity contribution < 1.29 is 18.7 Å². The molecule has 2 aliphatic heterocycles. The number of carbonyl (C=O) groups is 2. The Morgan fingerprint density at radius 3 is 2.45 bits per heavy atom. The fourth-order valence-corrected chi connectivity index (χ4v) is 5.03. The van der Waals surface area contributed by atoms with Gasteiger partial charge in [-0.1, -0.05) is 12.1 Å². The maximum atomic E-state index is 14.7. The summed E-state index contributed by atoms with van der Waals surface area (Å²) in [6.07, 6.45) is 0.224. The van der Waals surface area contributed by atoms with E-state index >= 15 is 0 Å². The van der Waals surface area contributed by atoms with Crippen molar-refractivity contribution in [2.45, 2.75) is 25.4 Å². The highest BCUT2D eigenvalue weighted by atomic mass is 19.1. The third-order valence-corrected chi connectivity index (χ3v) is 6.98. The standard InChI is InChI=1S/C28H23FN6O3/c1-34-23-5-4-16(10-19(23)13-25(34)36)26-20(15-31)12-24(35-8-6-21(7-9-35)38-28(32)37)33-27(26)17-2-3-18(14-30)22(29)11-17/h2-5,10-12,21H,6-9,13H2,1H3,(H2,32,37). The highest BCUT2D eigenvalue weighted by molar-refractivity contribution is 6.02. The normalized spacial score (nSPS) is 15.1. The second kappa shape index (κ2) is 9.83. The van der Waals surface area contributed by atoms with Crippen LogP contribution in [-0.2, 0) is 16.0 Å². The zero-order valence-corrected chi connectivity index (χ0v) is 20.6. The Labute approximate surface area is 218 Å². The molecule has 0 aliphatic carbocycles. The summed E-state index contributed by atoms with van der Waals surface area (Å²) >= 11 is 0. The Bertz CT molecular complexity index is 1550. The van der Waals surface area contributed by atoms with Crippen molar-refractivity contribution in [1.29, 1.82) is 10.5 Å². The van der Waals surface area contributed by atoms with Crippen molar-refractivity contribution in [2.75, 3.05) is 29.9 Å². The van der Waals surface area contributed by atoms with Crippen LogP contribution in [0.5, 0.6) is 0 Å². The van der Waals surface area contributed by atoms with E-state index in [0.29, 0.717) is 59.7 Å². The van der Waals surface area contributed by atoms with Crippen LogP contribution in [0.25, 0.3) is 22.4 Å². The predicted octanol–water partition coefficient (Wildman–Crippen LogP) is 3.88. The zero-order chi connectivity index (χ0) is 27.0. The van der Waals surface area contributed by atoms with Crippen LogP contribution in [0.3, 0.4) is 0 Å². The number of ether oxygens (including phenoxy) is 1. The minimum absolute atomic E-state index is 0.0239. The number of nitrogens with zero attached hydrogens (tertiary/aromatic N) is 5. The highest BCUT2D eigenvalue weighted by Crippen LogP contribution is 2.39. The number of hydrogen-bond acceptors (Lipinski definition) is 7. The average molecular weight is 511 g/mol. The van der Waals surface area contributed by atoms with Crippen molar-refractivity contribution in [3.05, 3.63) is 65.0 Å². The fraction of sp³-hybridized carbons (Fsp3) is 0.250. The number of carbonyl (C=O) groups excluding carboxylic acids is 2. The van der Waals surface area contributed by atoms with Crippen LogP contribution in [0.2, 0.25) is 0 Å². The molecule has 1 fully saturated rings. The molecule has 0 atom stereocenters. The molecule has 3 aromatic rings. The van der Waals surface area contributed by atoms with Gasteiger partial charge in [0, 0.05) is 49.8 Å². The zero-order valence-electron chi connectivity index (χ0n) is 20.6. The molecule has 2 amide bonds. The van der Waals surface area contributed by atoms with Crippen molar-refractivity contribution in [3.63, 3.8) is 0 Å². The summed E-state index contributed by atoms with van der Waals surface area (Å²) < 4.78 is 19.8. The van der Waals surface area contributed by atoms with Gasteiger partial charge in [-0.3, -0.25) is 4.79 Å². The van der Waals surface area contributed by atoms with E-state index in [-0.39, 0.29) is 24.0 Å². The van der Waals surface area contributed by atoms with Gasteiger partial charge in [0.15, 0.2) is 0 Å². The number of nitrogens with two attached hydrogens (primary N) is 1. The second-order valence-corrected chi connectivity index (χ2v) is 9.27. The molecule has 1 saturated heterocycles. The number of piperidine rings is 1. The second-order valence-electron chi connectivity index (χ2n) is 9.27. The average Bonchev–Trinajstić information content (AvgIpc) is 3.20. The molecular weight excluding hydrogens is 487 g/mol. The fourth-order valence-electron chi connectivity index (χ4n) is 5.03. The lowest BCUT2D eigenvalue weighted by molar-refractivity contribution is -0.117. The molecule has 190 valence electrons. The predicted molar refractivity (Wildman–Crippen MR) is 138 cm³/mol. The number of likely N-dealkylation sites (N-methyl/N-ethyl adjacent to an activating group) is 1. The number of rotatable bonds is 4. The number of primary amides is 1.